The summed E-state index contributed by atoms with van der Waals surface area (Å²) in [6, 6.07) is 4.97. The van der Waals surface area contributed by atoms with Crippen LogP contribution < -0.4 is 0 Å². The zero-order valence-electron chi connectivity index (χ0n) is 10.5. The lowest BCUT2D eigenvalue weighted by molar-refractivity contribution is -0.135. The van der Waals surface area contributed by atoms with Crippen LogP contribution in [0, 0.1) is 12.7 Å². The summed E-state index contributed by atoms with van der Waals surface area (Å²) in [5, 5.41) is 10.7. The molecule has 2 rings (SSSR count). The van der Waals surface area contributed by atoms with Gasteiger partial charge in [0.05, 0.1) is 17.8 Å². The van der Waals surface area contributed by atoms with Crippen molar-refractivity contribution in [1.29, 1.82) is 0 Å². The minimum absolute atomic E-state index is 0.00638. The normalized spacial score (nSPS) is 33.7. The lowest BCUT2D eigenvalue weighted by atomic mass is 9.81. The fraction of sp³-hybridized carbons (Fsp3) is 0.571. The molecule has 3 heteroatoms. The molecular weight excluding hydrogens is 219 g/mol. The van der Waals surface area contributed by atoms with Gasteiger partial charge >= 0.3 is 0 Å². The first-order valence-electron chi connectivity index (χ1n) is 6.05. The molecule has 1 fully saturated rings. The van der Waals surface area contributed by atoms with Gasteiger partial charge in [-0.05, 0) is 38.0 Å². The first-order valence-corrected chi connectivity index (χ1v) is 6.05. The molecule has 2 unspecified atom stereocenters. The molecule has 17 heavy (non-hydrogen) atoms. The van der Waals surface area contributed by atoms with Crippen molar-refractivity contribution in [3.63, 3.8) is 0 Å². The van der Waals surface area contributed by atoms with E-state index < -0.39 is 5.60 Å². The van der Waals surface area contributed by atoms with Crippen molar-refractivity contribution in [2.45, 2.75) is 51.4 Å². The first kappa shape index (κ1) is 12.5. The van der Waals surface area contributed by atoms with Crippen LogP contribution in [0.15, 0.2) is 18.2 Å². The van der Waals surface area contributed by atoms with Crippen LogP contribution in [0.5, 0.6) is 0 Å². The monoisotopic (exact) mass is 238 g/mol. The minimum atomic E-state index is -0.967. The highest BCUT2D eigenvalue weighted by Crippen LogP contribution is 2.37. The molecule has 94 valence electrons. The SMILES string of the molecule is Cc1ccc(C2(O)CC(C)OC(C)C2)cc1F. The molecule has 0 radical (unpaired) electrons. The standard InChI is InChI=1S/C14H19FO2/c1-9-4-5-12(6-13(9)15)14(16)7-10(2)17-11(3)8-14/h4-6,10-11,16H,7-8H2,1-3H3. The van der Waals surface area contributed by atoms with Crippen LogP contribution >= 0.6 is 0 Å². The maximum Gasteiger partial charge on any atom is 0.126 e. The molecule has 2 nitrogen and oxygen atoms in total. The van der Waals surface area contributed by atoms with Crippen LogP contribution in [0.2, 0.25) is 0 Å². The van der Waals surface area contributed by atoms with Crippen molar-refractivity contribution in [3.8, 4) is 0 Å². The van der Waals surface area contributed by atoms with Crippen LogP contribution in [-0.2, 0) is 10.3 Å². The molecule has 0 aliphatic carbocycles. The van der Waals surface area contributed by atoms with Crippen LogP contribution in [0.1, 0.15) is 37.8 Å². The van der Waals surface area contributed by atoms with Crippen molar-refractivity contribution >= 4 is 0 Å². The summed E-state index contributed by atoms with van der Waals surface area (Å²) in [4.78, 5) is 0. The Morgan fingerprint density at radius 2 is 1.88 bits per heavy atom. The Hall–Kier alpha value is -0.930. The third kappa shape index (κ3) is 2.50. The average molecular weight is 238 g/mol. The van der Waals surface area contributed by atoms with E-state index in [1.807, 2.05) is 19.9 Å². The molecule has 0 amide bonds. The Morgan fingerprint density at radius 1 is 1.29 bits per heavy atom. The molecule has 1 N–H and O–H groups in total. The summed E-state index contributed by atoms with van der Waals surface area (Å²) in [7, 11) is 0. The molecule has 1 saturated heterocycles. The van der Waals surface area contributed by atoms with Gasteiger partial charge in [-0.2, -0.15) is 0 Å². The molecule has 0 aromatic heterocycles. The van der Waals surface area contributed by atoms with E-state index >= 15 is 0 Å². The minimum Gasteiger partial charge on any atom is -0.385 e. The number of benzene rings is 1. The molecule has 1 aliphatic rings. The molecule has 1 heterocycles. The van der Waals surface area contributed by atoms with Gasteiger partial charge in [0.25, 0.3) is 0 Å². The average Bonchev–Trinajstić information content (AvgIpc) is 2.19. The zero-order valence-corrected chi connectivity index (χ0v) is 10.5. The summed E-state index contributed by atoms with van der Waals surface area (Å²) in [6.07, 6.45) is 1.01. The van der Waals surface area contributed by atoms with Crippen molar-refractivity contribution < 1.29 is 14.2 Å². The second kappa shape index (κ2) is 4.39. The topological polar surface area (TPSA) is 29.5 Å². The third-order valence-corrected chi connectivity index (χ3v) is 3.42. The third-order valence-electron chi connectivity index (χ3n) is 3.42. The molecular formula is C14H19FO2. The predicted molar refractivity (Wildman–Crippen MR) is 64.3 cm³/mol. The number of aliphatic hydroxyl groups is 1. The molecule has 2 atom stereocenters. The van der Waals surface area contributed by atoms with Crippen LogP contribution in [0.3, 0.4) is 0 Å². The highest BCUT2D eigenvalue weighted by molar-refractivity contribution is 5.28. The maximum atomic E-state index is 13.6. The maximum absolute atomic E-state index is 13.6. The van der Waals surface area contributed by atoms with E-state index in [4.69, 9.17) is 4.74 Å². The highest BCUT2D eigenvalue weighted by Gasteiger charge is 2.38. The van der Waals surface area contributed by atoms with Crippen molar-refractivity contribution in [2.75, 3.05) is 0 Å². The quantitative estimate of drug-likeness (QED) is 0.815. The zero-order chi connectivity index (χ0) is 12.6. The Bertz CT molecular complexity index is 407. The van der Waals surface area contributed by atoms with E-state index in [-0.39, 0.29) is 18.0 Å². The van der Waals surface area contributed by atoms with E-state index in [0.29, 0.717) is 24.0 Å². The van der Waals surface area contributed by atoms with E-state index in [1.165, 1.54) is 6.07 Å². The number of ether oxygens (including phenoxy) is 1. The second-order valence-corrected chi connectivity index (χ2v) is 5.16. The molecule has 1 aromatic rings. The predicted octanol–water partition coefficient (Wildman–Crippen LogP) is 2.91. The second-order valence-electron chi connectivity index (χ2n) is 5.16. The number of rotatable bonds is 1. The summed E-state index contributed by atoms with van der Waals surface area (Å²) >= 11 is 0. The fourth-order valence-electron chi connectivity index (χ4n) is 2.65. The van der Waals surface area contributed by atoms with Gasteiger partial charge in [-0.15, -0.1) is 0 Å². The van der Waals surface area contributed by atoms with Gasteiger partial charge in [0.1, 0.15) is 5.82 Å². The van der Waals surface area contributed by atoms with E-state index in [1.54, 1.807) is 13.0 Å². The van der Waals surface area contributed by atoms with Gasteiger partial charge in [0.15, 0.2) is 0 Å². The number of halogens is 1. The molecule has 0 saturated carbocycles. The molecule has 0 spiro atoms. The first-order chi connectivity index (χ1) is 7.90. The van der Waals surface area contributed by atoms with Crippen molar-refractivity contribution in [3.05, 3.63) is 35.1 Å². The fourth-order valence-corrected chi connectivity index (χ4v) is 2.65. The van der Waals surface area contributed by atoms with Gasteiger partial charge < -0.3 is 9.84 Å². The Balaban J connectivity index is 2.33. The van der Waals surface area contributed by atoms with E-state index in [2.05, 4.69) is 0 Å². The van der Waals surface area contributed by atoms with Gasteiger partial charge in [-0.25, -0.2) is 4.39 Å². The smallest absolute Gasteiger partial charge is 0.126 e. The van der Waals surface area contributed by atoms with Crippen LogP contribution in [-0.4, -0.2) is 17.3 Å². The van der Waals surface area contributed by atoms with Crippen LogP contribution in [0.25, 0.3) is 0 Å². The van der Waals surface area contributed by atoms with Gasteiger partial charge in [-0.3, -0.25) is 0 Å². The van der Waals surface area contributed by atoms with Crippen LogP contribution in [0.4, 0.5) is 4.39 Å². The Labute approximate surface area is 101 Å². The van der Waals surface area contributed by atoms with Gasteiger partial charge in [0.2, 0.25) is 0 Å². The summed E-state index contributed by atoms with van der Waals surface area (Å²) in [6.45, 7) is 5.59. The highest BCUT2D eigenvalue weighted by atomic mass is 19.1. The number of hydrogen-bond donors (Lipinski definition) is 1. The summed E-state index contributed by atoms with van der Waals surface area (Å²) < 4.78 is 19.2. The van der Waals surface area contributed by atoms with Crippen molar-refractivity contribution in [2.24, 2.45) is 0 Å². The Morgan fingerprint density at radius 3 is 2.41 bits per heavy atom. The lowest BCUT2D eigenvalue weighted by Crippen LogP contribution is -2.41. The molecule has 0 bridgehead atoms. The van der Waals surface area contributed by atoms with Gasteiger partial charge in [-0.1, -0.05) is 12.1 Å². The molecule has 1 aromatic carbocycles. The lowest BCUT2D eigenvalue weighted by Gasteiger charge is -2.39. The van der Waals surface area contributed by atoms with Gasteiger partial charge in [0, 0.05) is 12.8 Å². The molecule has 1 aliphatic heterocycles. The summed E-state index contributed by atoms with van der Waals surface area (Å²) in [5.74, 6) is -0.261. The van der Waals surface area contributed by atoms with E-state index in [9.17, 15) is 9.50 Å². The summed E-state index contributed by atoms with van der Waals surface area (Å²) in [5.41, 5.74) is 0.291. The van der Waals surface area contributed by atoms with E-state index in [0.717, 1.165) is 0 Å². The number of hydrogen-bond acceptors (Lipinski definition) is 2. The van der Waals surface area contributed by atoms with Crippen molar-refractivity contribution in [1.82, 2.24) is 0 Å². The number of aryl methyl sites for hydroxylation is 1. The largest absolute Gasteiger partial charge is 0.385 e. The Kier molecular flexibility index (Phi) is 3.23.